The molecular weight excluding hydrogens is 256 g/mol. The number of esters is 1. The second-order valence-corrected chi connectivity index (χ2v) is 4.17. The van der Waals surface area contributed by atoms with Crippen LogP contribution in [-0.4, -0.2) is 18.7 Å². The maximum atomic E-state index is 12.1. The van der Waals surface area contributed by atoms with Crippen molar-refractivity contribution in [2.45, 2.75) is 33.3 Å². The Morgan fingerprint density at radius 1 is 1.25 bits per heavy atom. The largest absolute Gasteiger partial charge is 0.493 e. The van der Waals surface area contributed by atoms with Crippen LogP contribution in [0.4, 0.5) is 0 Å². The molecule has 0 aromatic heterocycles. The maximum absolute atomic E-state index is 12.1. The Labute approximate surface area is 118 Å². The van der Waals surface area contributed by atoms with Gasteiger partial charge >= 0.3 is 5.97 Å². The molecule has 104 valence electrons. The number of carbonyl (C=O) groups is 1. The molecule has 0 aliphatic heterocycles. The molecule has 0 N–H and O–H groups in total. The number of benzene rings is 1. The average molecular weight is 272 g/mol. The van der Waals surface area contributed by atoms with Crippen molar-refractivity contribution in [1.82, 2.24) is 0 Å². The molecule has 5 nitrogen and oxygen atoms in total. The lowest BCUT2D eigenvalue weighted by molar-refractivity contribution is 0.0330. The number of hydrogen-bond acceptors (Lipinski definition) is 5. The van der Waals surface area contributed by atoms with E-state index >= 15 is 0 Å². The molecule has 5 heteroatoms. The number of ether oxygens (including phenoxy) is 2. The number of nitrogens with zero attached hydrogens (tertiary/aromatic N) is 2. The molecule has 0 amide bonds. The predicted molar refractivity (Wildman–Crippen MR) is 72.2 cm³/mol. The van der Waals surface area contributed by atoms with E-state index in [-0.39, 0.29) is 28.5 Å². The van der Waals surface area contributed by atoms with Crippen LogP contribution >= 0.6 is 0 Å². The summed E-state index contributed by atoms with van der Waals surface area (Å²) in [5.74, 6) is -0.292. The summed E-state index contributed by atoms with van der Waals surface area (Å²) in [4.78, 5) is 12.1. The van der Waals surface area contributed by atoms with Gasteiger partial charge < -0.3 is 9.47 Å². The molecule has 0 bridgehead atoms. The van der Waals surface area contributed by atoms with Gasteiger partial charge in [-0.15, -0.1) is 0 Å². The molecule has 1 unspecified atom stereocenters. The van der Waals surface area contributed by atoms with Gasteiger partial charge in [-0.1, -0.05) is 6.92 Å². The molecule has 0 spiro atoms. The first-order valence-electron chi connectivity index (χ1n) is 6.39. The van der Waals surface area contributed by atoms with E-state index in [1.807, 2.05) is 19.1 Å². The van der Waals surface area contributed by atoms with Gasteiger partial charge in [0, 0.05) is 6.07 Å². The Kier molecular flexibility index (Phi) is 5.56. The number of nitriles is 2. The van der Waals surface area contributed by atoms with Gasteiger partial charge in [0.2, 0.25) is 0 Å². The Balaban J connectivity index is 3.26. The van der Waals surface area contributed by atoms with E-state index in [1.165, 1.54) is 12.1 Å². The van der Waals surface area contributed by atoms with Gasteiger partial charge in [0.15, 0.2) is 0 Å². The summed E-state index contributed by atoms with van der Waals surface area (Å²) in [5.41, 5.74) is 0.478. The van der Waals surface area contributed by atoms with Crippen LogP contribution in [0.2, 0.25) is 0 Å². The van der Waals surface area contributed by atoms with E-state index < -0.39 is 5.97 Å². The van der Waals surface area contributed by atoms with E-state index in [4.69, 9.17) is 20.0 Å². The zero-order chi connectivity index (χ0) is 15.1. The van der Waals surface area contributed by atoms with E-state index in [0.717, 1.165) is 0 Å². The van der Waals surface area contributed by atoms with Crippen molar-refractivity contribution in [3.05, 3.63) is 28.8 Å². The molecule has 0 aliphatic carbocycles. The number of rotatable bonds is 5. The van der Waals surface area contributed by atoms with Crippen LogP contribution in [0, 0.1) is 22.7 Å². The normalized spacial score (nSPS) is 11.1. The zero-order valence-corrected chi connectivity index (χ0v) is 11.8. The van der Waals surface area contributed by atoms with Gasteiger partial charge in [0.1, 0.15) is 23.5 Å². The Morgan fingerprint density at radius 3 is 2.35 bits per heavy atom. The summed E-state index contributed by atoms with van der Waals surface area (Å²) in [6.45, 7) is 5.81. The molecular formula is C15H16N2O3. The van der Waals surface area contributed by atoms with Crippen molar-refractivity contribution in [3.63, 3.8) is 0 Å². The lowest BCUT2D eigenvalue weighted by Crippen LogP contribution is -2.15. The quantitative estimate of drug-likeness (QED) is 0.769. The lowest BCUT2D eigenvalue weighted by atomic mass is 10.0. The van der Waals surface area contributed by atoms with Crippen molar-refractivity contribution in [1.29, 1.82) is 10.5 Å². The SMILES string of the molecule is CCOc1cc(C#N)c(C#N)cc1C(=O)OC(C)CC. The van der Waals surface area contributed by atoms with E-state index in [0.29, 0.717) is 13.0 Å². The first-order valence-corrected chi connectivity index (χ1v) is 6.39. The molecule has 0 fully saturated rings. The highest BCUT2D eigenvalue weighted by Crippen LogP contribution is 2.25. The summed E-state index contributed by atoms with van der Waals surface area (Å²) >= 11 is 0. The van der Waals surface area contributed by atoms with Crippen molar-refractivity contribution < 1.29 is 14.3 Å². The van der Waals surface area contributed by atoms with Crippen LogP contribution < -0.4 is 4.74 Å². The Hall–Kier alpha value is -2.53. The minimum absolute atomic E-state index is 0.132. The highest BCUT2D eigenvalue weighted by atomic mass is 16.5. The third-order valence-electron chi connectivity index (χ3n) is 2.76. The summed E-state index contributed by atoms with van der Waals surface area (Å²) in [7, 11) is 0. The van der Waals surface area contributed by atoms with Crippen molar-refractivity contribution >= 4 is 5.97 Å². The van der Waals surface area contributed by atoms with Crippen LogP contribution in [0.15, 0.2) is 12.1 Å². The Bertz CT molecular complexity index is 582. The first kappa shape index (κ1) is 15.5. The molecule has 1 atom stereocenters. The van der Waals surface area contributed by atoms with Crippen molar-refractivity contribution in [2.24, 2.45) is 0 Å². The summed E-state index contributed by atoms with van der Waals surface area (Å²) < 4.78 is 10.6. The molecule has 1 aromatic rings. The van der Waals surface area contributed by atoms with Gasteiger partial charge in [-0.25, -0.2) is 4.79 Å². The summed E-state index contributed by atoms with van der Waals surface area (Å²) in [6, 6.07) is 6.54. The molecule has 0 heterocycles. The van der Waals surface area contributed by atoms with Gasteiger partial charge in [0.25, 0.3) is 0 Å². The fourth-order valence-electron chi connectivity index (χ4n) is 1.53. The minimum Gasteiger partial charge on any atom is -0.493 e. The molecule has 1 rings (SSSR count). The number of carbonyl (C=O) groups excluding carboxylic acids is 1. The minimum atomic E-state index is -0.552. The van der Waals surface area contributed by atoms with Gasteiger partial charge in [-0.3, -0.25) is 0 Å². The predicted octanol–water partition coefficient (Wildman–Crippen LogP) is 2.78. The highest BCUT2D eigenvalue weighted by molar-refractivity contribution is 5.93. The second-order valence-electron chi connectivity index (χ2n) is 4.17. The molecule has 20 heavy (non-hydrogen) atoms. The van der Waals surface area contributed by atoms with Crippen LogP contribution in [0.5, 0.6) is 5.75 Å². The lowest BCUT2D eigenvalue weighted by Gasteiger charge is -2.14. The fraction of sp³-hybridized carbons (Fsp3) is 0.400. The molecule has 0 aliphatic rings. The molecule has 0 radical (unpaired) electrons. The average Bonchev–Trinajstić information content (AvgIpc) is 2.46. The van der Waals surface area contributed by atoms with Gasteiger partial charge in [0.05, 0.1) is 23.8 Å². The third kappa shape index (κ3) is 3.49. The number of hydrogen-bond donors (Lipinski definition) is 0. The van der Waals surface area contributed by atoms with E-state index in [2.05, 4.69) is 0 Å². The molecule has 0 saturated carbocycles. The second kappa shape index (κ2) is 7.16. The van der Waals surface area contributed by atoms with Gasteiger partial charge in [-0.05, 0) is 26.3 Å². The molecule has 1 aromatic carbocycles. The van der Waals surface area contributed by atoms with E-state index in [9.17, 15) is 4.79 Å². The van der Waals surface area contributed by atoms with Crippen molar-refractivity contribution in [2.75, 3.05) is 6.61 Å². The standard InChI is InChI=1S/C15H16N2O3/c1-4-10(3)20-15(18)13-6-11(8-16)12(9-17)7-14(13)19-5-2/h6-7,10H,4-5H2,1-3H3. The highest BCUT2D eigenvalue weighted by Gasteiger charge is 2.19. The topological polar surface area (TPSA) is 83.1 Å². The van der Waals surface area contributed by atoms with Gasteiger partial charge in [-0.2, -0.15) is 10.5 Å². The van der Waals surface area contributed by atoms with Crippen LogP contribution in [-0.2, 0) is 4.74 Å². The van der Waals surface area contributed by atoms with Crippen LogP contribution in [0.1, 0.15) is 48.7 Å². The Morgan fingerprint density at radius 2 is 1.85 bits per heavy atom. The first-order chi connectivity index (χ1) is 9.57. The third-order valence-corrected chi connectivity index (χ3v) is 2.76. The molecule has 0 saturated heterocycles. The van der Waals surface area contributed by atoms with Crippen LogP contribution in [0.25, 0.3) is 0 Å². The smallest absolute Gasteiger partial charge is 0.342 e. The van der Waals surface area contributed by atoms with Crippen molar-refractivity contribution in [3.8, 4) is 17.9 Å². The summed E-state index contributed by atoms with van der Waals surface area (Å²) in [5, 5.41) is 18.0. The summed E-state index contributed by atoms with van der Waals surface area (Å²) in [6.07, 6.45) is 0.468. The monoisotopic (exact) mass is 272 g/mol. The van der Waals surface area contributed by atoms with Crippen LogP contribution in [0.3, 0.4) is 0 Å². The fourth-order valence-corrected chi connectivity index (χ4v) is 1.53. The van der Waals surface area contributed by atoms with E-state index in [1.54, 1.807) is 13.8 Å². The zero-order valence-electron chi connectivity index (χ0n) is 11.8. The maximum Gasteiger partial charge on any atom is 0.342 e.